The molecule has 1 N–H and O–H groups in total. The number of nitriles is 1. The van der Waals surface area contributed by atoms with E-state index in [2.05, 4.69) is 29.6 Å². The minimum Gasteiger partial charge on any atom is -0.313 e. The minimum absolute atomic E-state index is 0.287. The van der Waals surface area contributed by atoms with Gasteiger partial charge in [0.2, 0.25) is 0 Å². The molecule has 0 spiro atoms. The first-order valence-electron chi connectivity index (χ1n) is 7.16. The number of benzene rings is 1. The van der Waals surface area contributed by atoms with Crippen molar-refractivity contribution in [1.29, 1.82) is 5.26 Å². The van der Waals surface area contributed by atoms with Gasteiger partial charge >= 0.3 is 0 Å². The van der Waals surface area contributed by atoms with Gasteiger partial charge < -0.3 is 5.32 Å². The summed E-state index contributed by atoms with van der Waals surface area (Å²) >= 11 is 7.57. The lowest BCUT2D eigenvalue weighted by Crippen LogP contribution is -2.51. The highest BCUT2D eigenvalue weighted by molar-refractivity contribution is 7.16. The largest absolute Gasteiger partial charge is 0.313 e. The van der Waals surface area contributed by atoms with Crippen LogP contribution in [0.2, 0.25) is 4.34 Å². The average molecular weight is 317 g/mol. The van der Waals surface area contributed by atoms with Crippen LogP contribution in [0.15, 0.2) is 42.5 Å². The van der Waals surface area contributed by atoms with Crippen LogP contribution in [-0.4, -0.2) is 12.6 Å². The van der Waals surface area contributed by atoms with Crippen LogP contribution in [0.1, 0.15) is 23.3 Å². The lowest BCUT2D eigenvalue weighted by Gasteiger charge is -2.43. The van der Waals surface area contributed by atoms with Gasteiger partial charge in [-0.25, -0.2) is 0 Å². The fraction of sp³-hybridized carbons (Fsp3) is 0.353. The predicted molar refractivity (Wildman–Crippen MR) is 87.8 cm³/mol. The van der Waals surface area contributed by atoms with Crippen molar-refractivity contribution >= 4 is 22.9 Å². The topological polar surface area (TPSA) is 35.8 Å². The van der Waals surface area contributed by atoms with Gasteiger partial charge in [0.05, 0.1) is 15.8 Å². The van der Waals surface area contributed by atoms with E-state index >= 15 is 0 Å². The van der Waals surface area contributed by atoms with Crippen LogP contribution in [0.4, 0.5) is 0 Å². The average Bonchev–Trinajstić information content (AvgIpc) is 2.88. The molecule has 0 atom stereocenters. The lowest BCUT2D eigenvalue weighted by atomic mass is 9.62. The van der Waals surface area contributed by atoms with E-state index in [9.17, 15) is 5.26 Å². The maximum atomic E-state index is 9.52. The Morgan fingerprint density at radius 3 is 2.62 bits per heavy atom. The maximum Gasteiger partial charge on any atom is 0.0931 e. The number of hydrogen-bond donors (Lipinski definition) is 1. The van der Waals surface area contributed by atoms with Gasteiger partial charge in [0.1, 0.15) is 0 Å². The van der Waals surface area contributed by atoms with Gasteiger partial charge in [-0.2, -0.15) is 5.26 Å². The first-order chi connectivity index (χ1) is 10.2. The van der Waals surface area contributed by atoms with Crippen LogP contribution in [0.5, 0.6) is 0 Å². The van der Waals surface area contributed by atoms with E-state index in [0.717, 1.165) is 35.7 Å². The van der Waals surface area contributed by atoms with Gasteiger partial charge in [0.15, 0.2) is 0 Å². The molecule has 0 unspecified atom stereocenters. The maximum absolute atomic E-state index is 9.52. The Labute approximate surface area is 134 Å². The fourth-order valence-corrected chi connectivity index (χ4v) is 4.05. The van der Waals surface area contributed by atoms with Gasteiger partial charge in [-0.1, -0.05) is 41.9 Å². The van der Waals surface area contributed by atoms with Crippen LogP contribution >= 0.6 is 22.9 Å². The van der Waals surface area contributed by atoms with Crippen molar-refractivity contribution in [2.24, 2.45) is 0 Å². The smallest absolute Gasteiger partial charge is 0.0931 e. The summed E-state index contributed by atoms with van der Waals surface area (Å²) in [6.07, 6.45) is 2.80. The van der Waals surface area contributed by atoms with Gasteiger partial charge in [-0.3, -0.25) is 0 Å². The van der Waals surface area contributed by atoms with Crippen molar-refractivity contribution in [3.8, 4) is 6.07 Å². The molecule has 0 bridgehead atoms. The Balaban J connectivity index is 1.50. The van der Waals surface area contributed by atoms with E-state index in [0.29, 0.717) is 6.04 Å². The zero-order valence-electron chi connectivity index (χ0n) is 11.7. The molecule has 1 fully saturated rings. The number of nitrogens with zero attached hydrogens (tertiary/aromatic N) is 1. The molecule has 1 aromatic heterocycles. The molecule has 108 valence electrons. The second-order valence-electron chi connectivity index (χ2n) is 5.58. The summed E-state index contributed by atoms with van der Waals surface area (Å²) in [4.78, 5) is 1.31. The first-order valence-corrected chi connectivity index (χ1v) is 8.36. The number of hydrogen-bond acceptors (Lipinski definition) is 3. The third-order valence-corrected chi connectivity index (χ3v) is 5.45. The molecule has 21 heavy (non-hydrogen) atoms. The molecule has 0 aliphatic heterocycles. The Kier molecular flexibility index (Phi) is 4.30. The number of thiophene rings is 1. The third kappa shape index (κ3) is 3.13. The number of nitrogens with one attached hydrogen (secondary N) is 1. The van der Waals surface area contributed by atoms with Crippen LogP contribution in [0, 0.1) is 11.3 Å². The second-order valence-corrected chi connectivity index (χ2v) is 7.37. The molecule has 4 heteroatoms. The predicted octanol–water partition coefficient (Wildman–Crippen LogP) is 4.16. The van der Waals surface area contributed by atoms with Crippen molar-refractivity contribution in [3.05, 3.63) is 57.2 Å². The minimum atomic E-state index is -0.287. The summed E-state index contributed by atoms with van der Waals surface area (Å²) in [5, 5.41) is 13.1. The molecule has 1 aliphatic rings. The molecule has 2 nitrogen and oxygen atoms in total. The second kappa shape index (κ2) is 6.19. The van der Waals surface area contributed by atoms with Crippen LogP contribution in [0.25, 0.3) is 0 Å². The molecule has 2 aromatic rings. The molecule has 1 aromatic carbocycles. The van der Waals surface area contributed by atoms with Crippen molar-refractivity contribution in [2.45, 2.75) is 30.7 Å². The summed E-state index contributed by atoms with van der Waals surface area (Å²) in [6, 6.07) is 17.1. The molecular weight excluding hydrogens is 300 g/mol. The van der Waals surface area contributed by atoms with Gasteiger partial charge in [-0.05, 0) is 37.0 Å². The summed E-state index contributed by atoms with van der Waals surface area (Å²) in [5.41, 5.74) is 0.862. The highest BCUT2D eigenvalue weighted by atomic mass is 35.5. The monoisotopic (exact) mass is 316 g/mol. The van der Waals surface area contributed by atoms with E-state index in [-0.39, 0.29) is 5.41 Å². The van der Waals surface area contributed by atoms with Crippen molar-refractivity contribution in [2.75, 3.05) is 6.54 Å². The molecule has 1 saturated carbocycles. The van der Waals surface area contributed by atoms with Gasteiger partial charge in [-0.15, -0.1) is 11.3 Å². The highest BCUT2D eigenvalue weighted by Gasteiger charge is 2.45. The zero-order chi connectivity index (χ0) is 14.7. The number of halogens is 1. The normalized spacial score (nSPS) is 24.3. The fourth-order valence-electron chi connectivity index (χ4n) is 2.96. The van der Waals surface area contributed by atoms with E-state index < -0.39 is 0 Å². The Hall–Kier alpha value is -1.34. The van der Waals surface area contributed by atoms with E-state index in [1.54, 1.807) is 11.3 Å². The van der Waals surface area contributed by atoms with E-state index in [1.807, 2.05) is 24.3 Å². The molecule has 1 heterocycles. The Morgan fingerprint density at radius 1 is 1.24 bits per heavy atom. The van der Waals surface area contributed by atoms with Crippen LogP contribution in [-0.2, 0) is 11.8 Å². The molecule has 0 saturated heterocycles. The van der Waals surface area contributed by atoms with Gasteiger partial charge in [0.25, 0.3) is 0 Å². The van der Waals surface area contributed by atoms with Crippen LogP contribution < -0.4 is 5.32 Å². The summed E-state index contributed by atoms with van der Waals surface area (Å²) in [5.74, 6) is 0. The standard InChI is InChI=1S/C17H17ClN2S/c18-16-7-6-15(21-16)8-9-20-14-10-17(11-14,12-19)13-4-2-1-3-5-13/h1-7,14,20H,8-11H2. The third-order valence-electron chi connectivity index (χ3n) is 4.16. The molecule has 1 aliphatic carbocycles. The lowest BCUT2D eigenvalue weighted by molar-refractivity contribution is 0.228. The summed E-state index contributed by atoms with van der Waals surface area (Å²) in [6.45, 7) is 0.942. The van der Waals surface area contributed by atoms with Gasteiger partial charge in [0, 0.05) is 17.5 Å². The molecule has 0 radical (unpaired) electrons. The van der Waals surface area contributed by atoms with E-state index in [1.165, 1.54) is 4.88 Å². The Morgan fingerprint density at radius 2 is 2.00 bits per heavy atom. The molecular formula is C17H17ClN2S. The molecule has 0 amide bonds. The van der Waals surface area contributed by atoms with Crippen LogP contribution in [0.3, 0.4) is 0 Å². The SMILES string of the molecule is N#CC1(c2ccccc2)CC(NCCc2ccc(Cl)s2)C1. The van der Waals surface area contributed by atoms with Crippen molar-refractivity contribution in [1.82, 2.24) is 5.32 Å². The summed E-state index contributed by atoms with van der Waals surface area (Å²) < 4.78 is 0.848. The Bertz CT molecular complexity index is 638. The van der Waals surface area contributed by atoms with Crippen molar-refractivity contribution in [3.63, 3.8) is 0 Å². The summed E-state index contributed by atoms with van der Waals surface area (Å²) in [7, 11) is 0. The highest BCUT2D eigenvalue weighted by Crippen LogP contribution is 2.43. The first kappa shape index (κ1) is 14.6. The van der Waals surface area contributed by atoms with Crippen molar-refractivity contribution < 1.29 is 0 Å². The quantitative estimate of drug-likeness (QED) is 0.899. The van der Waals surface area contributed by atoms with E-state index in [4.69, 9.17) is 11.6 Å². The molecule has 3 rings (SSSR count). The number of rotatable bonds is 5. The zero-order valence-corrected chi connectivity index (χ0v) is 13.3.